The molecule has 1 atom stereocenters. The van der Waals surface area contributed by atoms with E-state index in [4.69, 9.17) is 9.97 Å². The van der Waals surface area contributed by atoms with Gasteiger partial charge in [-0.2, -0.15) is 0 Å². The maximum Gasteiger partial charge on any atom is 0.160 e. The van der Waals surface area contributed by atoms with Crippen molar-refractivity contribution in [2.24, 2.45) is 0 Å². The van der Waals surface area contributed by atoms with E-state index in [0.717, 1.165) is 46.5 Å². The van der Waals surface area contributed by atoms with Crippen molar-refractivity contribution in [2.75, 3.05) is 0 Å². The molecule has 2 heteroatoms. The van der Waals surface area contributed by atoms with Crippen molar-refractivity contribution in [1.29, 1.82) is 0 Å². The van der Waals surface area contributed by atoms with E-state index in [9.17, 15) is 0 Å². The van der Waals surface area contributed by atoms with E-state index in [1.165, 1.54) is 33.4 Å². The highest BCUT2D eigenvalue weighted by atomic mass is 14.9. The predicted molar refractivity (Wildman–Crippen MR) is 181 cm³/mol. The predicted octanol–water partition coefficient (Wildman–Crippen LogP) is 10.6. The Kier molecular flexibility index (Phi) is 6.83. The van der Waals surface area contributed by atoms with Gasteiger partial charge in [0.2, 0.25) is 0 Å². The topological polar surface area (TPSA) is 25.8 Å². The summed E-state index contributed by atoms with van der Waals surface area (Å²) in [5.41, 5.74) is 14.0. The summed E-state index contributed by atoms with van der Waals surface area (Å²) in [4.78, 5) is 10.0. The van der Waals surface area contributed by atoms with Crippen molar-refractivity contribution < 1.29 is 0 Å². The van der Waals surface area contributed by atoms with Crippen LogP contribution >= 0.6 is 0 Å². The lowest BCUT2D eigenvalue weighted by Gasteiger charge is -2.32. The maximum atomic E-state index is 5.03. The zero-order chi connectivity index (χ0) is 29.4. The van der Waals surface area contributed by atoms with E-state index in [1.54, 1.807) is 0 Å². The average Bonchev–Trinajstić information content (AvgIpc) is 3.34. The molecular weight excluding hydrogens is 520 g/mol. The fraction of sp³-hybridized carbons (Fsp3) is 0.122. The fourth-order valence-electron chi connectivity index (χ4n) is 6.74. The van der Waals surface area contributed by atoms with E-state index in [2.05, 4.69) is 111 Å². The molecule has 2 aliphatic rings. The second-order valence-corrected chi connectivity index (χ2v) is 11.4. The highest BCUT2D eigenvalue weighted by Gasteiger charge is 2.41. The van der Waals surface area contributed by atoms with Gasteiger partial charge in [0, 0.05) is 16.5 Å². The van der Waals surface area contributed by atoms with Crippen LogP contribution in [0.15, 0.2) is 146 Å². The molecule has 5 aromatic rings. The molecule has 0 amide bonds. The number of allylic oxidation sites excluding steroid dienone is 7. The van der Waals surface area contributed by atoms with Crippen LogP contribution < -0.4 is 0 Å². The van der Waals surface area contributed by atoms with Crippen LogP contribution in [-0.4, -0.2) is 9.97 Å². The molecule has 0 spiro atoms. The van der Waals surface area contributed by atoms with Gasteiger partial charge in [0.05, 0.1) is 11.4 Å². The number of hydrogen-bond acceptors (Lipinski definition) is 2. The molecular formula is C41H34N2. The summed E-state index contributed by atoms with van der Waals surface area (Å²) in [6.07, 6.45) is 12.9. The molecule has 0 aliphatic heterocycles. The molecule has 0 N–H and O–H groups in total. The van der Waals surface area contributed by atoms with Crippen molar-refractivity contribution in [3.05, 3.63) is 162 Å². The van der Waals surface area contributed by atoms with Crippen molar-refractivity contribution in [2.45, 2.75) is 32.1 Å². The maximum absolute atomic E-state index is 5.03. The second kappa shape index (κ2) is 11.0. The van der Waals surface area contributed by atoms with Crippen LogP contribution in [0.3, 0.4) is 0 Å². The summed E-state index contributed by atoms with van der Waals surface area (Å²) in [6.45, 7) is 8.43. The number of nitrogens with zero attached hydrogens (tertiary/aromatic N) is 2. The quantitative estimate of drug-likeness (QED) is 0.195. The van der Waals surface area contributed by atoms with Crippen LogP contribution in [-0.2, 0) is 5.41 Å². The molecule has 0 bridgehead atoms. The minimum absolute atomic E-state index is 0.116. The molecule has 0 fully saturated rings. The molecule has 4 aromatic carbocycles. The number of fused-ring (bicyclic) bond motifs is 3. The first kappa shape index (κ1) is 26.8. The molecule has 43 heavy (non-hydrogen) atoms. The smallest absolute Gasteiger partial charge is 0.160 e. The first-order valence-corrected chi connectivity index (χ1v) is 15.0. The van der Waals surface area contributed by atoms with E-state index < -0.39 is 0 Å². The highest BCUT2D eigenvalue weighted by Crippen LogP contribution is 2.54. The van der Waals surface area contributed by atoms with Crippen molar-refractivity contribution in [3.63, 3.8) is 0 Å². The van der Waals surface area contributed by atoms with Crippen LogP contribution in [0.4, 0.5) is 0 Å². The van der Waals surface area contributed by atoms with Crippen LogP contribution in [0.5, 0.6) is 0 Å². The lowest BCUT2D eigenvalue weighted by molar-refractivity contribution is 0.650. The first-order chi connectivity index (χ1) is 21.1. The van der Waals surface area contributed by atoms with E-state index in [0.29, 0.717) is 5.82 Å². The van der Waals surface area contributed by atoms with Gasteiger partial charge in [0.1, 0.15) is 0 Å². The van der Waals surface area contributed by atoms with Gasteiger partial charge in [-0.15, -0.1) is 0 Å². The van der Waals surface area contributed by atoms with Gasteiger partial charge >= 0.3 is 0 Å². The minimum atomic E-state index is -0.116. The zero-order valence-corrected chi connectivity index (χ0v) is 24.7. The van der Waals surface area contributed by atoms with E-state index in [1.807, 2.05) is 43.3 Å². The minimum Gasteiger partial charge on any atom is -0.228 e. The Morgan fingerprint density at radius 1 is 0.744 bits per heavy atom. The largest absolute Gasteiger partial charge is 0.228 e. The Morgan fingerprint density at radius 2 is 1.49 bits per heavy atom. The summed E-state index contributed by atoms with van der Waals surface area (Å²) in [7, 11) is 0. The van der Waals surface area contributed by atoms with Gasteiger partial charge in [-0.05, 0) is 83.8 Å². The highest BCUT2D eigenvalue weighted by molar-refractivity contribution is 5.87. The lowest BCUT2D eigenvalue weighted by atomic mass is 9.71. The van der Waals surface area contributed by atoms with Crippen molar-refractivity contribution in [1.82, 2.24) is 9.97 Å². The number of aromatic nitrogens is 2. The molecule has 0 saturated heterocycles. The monoisotopic (exact) mass is 554 g/mol. The molecule has 2 aliphatic carbocycles. The van der Waals surface area contributed by atoms with Crippen molar-refractivity contribution in [3.8, 4) is 44.9 Å². The SMILES string of the molecule is C=C/C(=C\C)c1cc(-c2ccccc2)nc(-c2cccc(-c3ccc4c(c3)-c3ccccc3C4(C)C3=CC=CCC3)c2)n1. The summed E-state index contributed by atoms with van der Waals surface area (Å²) >= 11 is 0. The zero-order valence-electron chi connectivity index (χ0n) is 24.7. The lowest BCUT2D eigenvalue weighted by Crippen LogP contribution is -2.24. The summed E-state index contributed by atoms with van der Waals surface area (Å²) in [5.74, 6) is 0.704. The standard InChI is InChI=1S/C41H34N2/c1-4-28(5-2)38-27-39(29-15-8-6-9-16-29)43-40(42-38)32-18-14-17-30(25-32)31-23-24-37-35(26-31)34-21-12-13-22-36(34)41(37,3)33-19-10-7-11-20-33/h4-10,12-19,21-27H,1,11,20H2,2-3H3/b28-5+. The van der Waals surface area contributed by atoms with E-state index in [-0.39, 0.29) is 5.41 Å². The third kappa shape index (κ3) is 4.60. The first-order valence-electron chi connectivity index (χ1n) is 15.0. The van der Waals surface area contributed by atoms with Gasteiger partial charge in [-0.3, -0.25) is 0 Å². The number of benzene rings is 4. The Morgan fingerprint density at radius 3 is 2.28 bits per heavy atom. The Labute approximate surface area is 254 Å². The Bertz CT molecular complexity index is 1960. The third-order valence-electron chi connectivity index (χ3n) is 9.05. The van der Waals surface area contributed by atoms with Crippen LogP contribution in [0.2, 0.25) is 0 Å². The number of hydrogen-bond donors (Lipinski definition) is 0. The molecule has 0 radical (unpaired) electrons. The van der Waals surface area contributed by atoms with Gasteiger partial charge in [0.15, 0.2) is 5.82 Å². The van der Waals surface area contributed by atoms with Gasteiger partial charge < -0.3 is 0 Å². The van der Waals surface area contributed by atoms with Crippen LogP contribution in [0, 0.1) is 0 Å². The molecule has 2 nitrogen and oxygen atoms in total. The molecule has 1 aromatic heterocycles. The Hall–Kier alpha value is -5.08. The molecule has 1 heterocycles. The van der Waals surface area contributed by atoms with Crippen LogP contribution in [0.25, 0.3) is 50.5 Å². The van der Waals surface area contributed by atoms with Crippen molar-refractivity contribution >= 4 is 5.57 Å². The average molecular weight is 555 g/mol. The Balaban J connectivity index is 1.34. The summed E-state index contributed by atoms with van der Waals surface area (Å²) in [5, 5.41) is 0. The summed E-state index contributed by atoms with van der Waals surface area (Å²) in [6, 6.07) is 36.9. The fourth-order valence-corrected chi connectivity index (χ4v) is 6.74. The van der Waals surface area contributed by atoms with Crippen LogP contribution in [0.1, 0.15) is 43.5 Å². The third-order valence-corrected chi connectivity index (χ3v) is 9.05. The number of rotatable bonds is 6. The van der Waals surface area contributed by atoms with Gasteiger partial charge in [-0.25, -0.2) is 9.97 Å². The van der Waals surface area contributed by atoms with Gasteiger partial charge in [-0.1, -0.05) is 127 Å². The molecule has 208 valence electrons. The normalized spacial score (nSPS) is 17.3. The second-order valence-electron chi connectivity index (χ2n) is 11.4. The molecule has 7 rings (SSSR count). The van der Waals surface area contributed by atoms with E-state index >= 15 is 0 Å². The van der Waals surface area contributed by atoms with Gasteiger partial charge in [0.25, 0.3) is 0 Å². The molecule has 0 saturated carbocycles. The summed E-state index contributed by atoms with van der Waals surface area (Å²) < 4.78 is 0. The molecule has 1 unspecified atom stereocenters.